The van der Waals surface area contributed by atoms with Crippen LogP contribution in [-0.2, 0) is 0 Å². The van der Waals surface area contributed by atoms with Gasteiger partial charge in [-0.2, -0.15) is 0 Å². The molecule has 0 aliphatic carbocycles. The third-order valence-corrected chi connectivity index (χ3v) is 3.58. The zero-order chi connectivity index (χ0) is 12.4. The Morgan fingerprint density at radius 3 is 2.29 bits per heavy atom. The normalized spacial score (nSPS) is 10.5. The molecular weight excluding hydrogens is 230 g/mol. The second-order valence-corrected chi connectivity index (χ2v) is 5.06. The molecule has 2 rings (SSSR count). The van der Waals surface area contributed by atoms with Gasteiger partial charge in [-0.1, -0.05) is 29.5 Å². The first-order valence-corrected chi connectivity index (χ1v) is 6.23. The smallest absolute Gasteiger partial charge is 0.131 e. The maximum absolute atomic E-state index is 5.83. The predicted octanol–water partition coefficient (Wildman–Crippen LogP) is 3.14. The fraction of sp³-hybridized carbons (Fsp3) is 0.231. The van der Waals surface area contributed by atoms with Crippen LogP contribution in [0.4, 0.5) is 5.82 Å². The molecule has 0 bridgehead atoms. The highest BCUT2D eigenvalue weighted by atomic mass is 32.2. The number of aryl methyl sites for hydroxylation is 2. The summed E-state index contributed by atoms with van der Waals surface area (Å²) in [5.74, 6) is 1.27. The second-order valence-electron chi connectivity index (χ2n) is 4.00. The van der Waals surface area contributed by atoms with Crippen LogP contribution in [0.3, 0.4) is 0 Å². The monoisotopic (exact) mass is 245 g/mol. The van der Waals surface area contributed by atoms with Crippen LogP contribution in [0.1, 0.15) is 17.0 Å². The molecule has 0 spiro atoms. The number of aromatic nitrogens is 2. The summed E-state index contributed by atoms with van der Waals surface area (Å²) in [6.45, 7) is 5.88. The van der Waals surface area contributed by atoms with Gasteiger partial charge in [0.25, 0.3) is 0 Å². The fourth-order valence-electron chi connectivity index (χ4n) is 1.44. The van der Waals surface area contributed by atoms with Crippen molar-refractivity contribution in [3.05, 3.63) is 41.2 Å². The molecule has 17 heavy (non-hydrogen) atoms. The van der Waals surface area contributed by atoms with Crippen molar-refractivity contribution >= 4 is 17.6 Å². The van der Waals surface area contributed by atoms with E-state index in [1.54, 1.807) is 11.8 Å². The first-order chi connectivity index (χ1) is 8.06. The largest absolute Gasteiger partial charge is 0.383 e. The number of hydrogen-bond donors (Lipinski definition) is 1. The van der Waals surface area contributed by atoms with Gasteiger partial charge in [-0.3, -0.25) is 0 Å². The van der Waals surface area contributed by atoms with Crippen molar-refractivity contribution in [3.8, 4) is 0 Å². The average Bonchev–Trinajstić information content (AvgIpc) is 2.28. The van der Waals surface area contributed by atoms with Crippen LogP contribution in [0.25, 0.3) is 0 Å². The van der Waals surface area contributed by atoms with Gasteiger partial charge in [-0.05, 0) is 32.9 Å². The standard InChI is InChI=1S/C13H15N3S/c1-8-4-6-11(7-5-8)17-13-9(2)12(14)15-10(3)16-13/h4-7H,1-3H3,(H2,14,15,16). The summed E-state index contributed by atoms with van der Waals surface area (Å²) in [7, 11) is 0. The average molecular weight is 245 g/mol. The van der Waals surface area contributed by atoms with Crippen molar-refractivity contribution in [1.82, 2.24) is 9.97 Å². The van der Waals surface area contributed by atoms with Crippen molar-refractivity contribution in [2.45, 2.75) is 30.7 Å². The molecule has 88 valence electrons. The van der Waals surface area contributed by atoms with E-state index in [2.05, 4.69) is 41.2 Å². The Labute approximate surface area is 105 Å². The molecule has 0 saturated carbocycles. The Kier molecular flexibility index (Phi) is 3.33. The molecule has 0 saturated heterocycles. The molecule has 2 N–H and O–H groups in total. The van der Waals surface area contributed by atoms with Crippen molar-refractivity contribution in [2.24, 2.45) is 0 Å². The van der Waals surface area contributed by atoms with E-state index in [0.29, 0.717) is 11.6 Å². The molecule has 2 aromatic rings. The maximum atomic E-state index is 5.83. The molecule has 0 aliphatic rings. The van der Waals surface area contributed by atoms with E-state index in [1.807, 2.05) is 13.8 Å². The third-order valence-electron chi connectivity index (χ3n) is 2.49. The fourth-order valence-corrected chi connectivity index (χ4v) is 2.37. The van der Waals surface area contributed by atoms with Crippen LogP contribution in [0.2, 0.25) is 0 Å². The third kappa shape index (κ3) is 2.77. The minimum atomic E-state index is 0.562. The number of nitrogens with two attached hydrogens (primary N) is 1. The molecule has 1 aromatic carbocycles. The lowest BCUT2D eigenvalue weighted by molar-refractivity contribution is 0.946. The molecule has 0 atom stereocenters. The van der Waals surface area contributed by atoms with E-state index in [-0.39, 0.29) is 0 Å². The van der Waals surface area contributed by atoms with Crippen LogP contribution < -0.4 is 5.73 Å². The number of benzene rings is 1. The molecule has 0 fully saturated rings. The van der Waals surface area contributed by atoms with Gasteiger partial charge in [0, 0.05) is 10.5 Å². The van der Waals surface area contributed by atoms with Crippen molar-refractivity contribution in [1.29, 1.82) is 0 Å². The van der Waals surface area contributed by atoms with Crippen LogP contribution in [0.5, 0.6) is 0 Å². The number of nitrogen functional groups attached to an aromatic ring is 1. The quantitative estimate of drug-likeness (QED) is 0.826. The van der Waals surface area contributed by atoms with Gasteiger partial charge in [0.05, 0.1) is 0 Å². The molecule has 4 heteroatoms. The summed E-state index contributed by atoms with van der Waals surface area (Å²) in [5, 5.41) is 0.929. The summed E-state index contributed by atoms with van der Waals surface area (Å²) in [6, 6.07) is 8.37. The minimum Gasteiger partial charge on any atom is -0.383 e. The van der Waals surface area contributed by atoms with E-state index >= 15 is 0 Å². The maximum Gasteiger partial charge on any atom is 0.131 e. The summed E-state index contributed by atoms with van der Waals surface area (Å²) in [6.07, 6.45) is 0. The molecule has 1 heterocycles. The molecule has 1 aromatic heterocycles. The lowest BCUT2D eigenvalue weighted by atomic mass is 10.2. The molecule has 0 unspecified atom stereocenters. The van der Waals surface area contributed by atoms with Crippen molar-refractivity contribution in [3.63, 3.8) is 0 Å². The SMILES string of the molecule is Cc1ccc(Sc2nc(C)nc(N)c2C)cc1. The lowest BCUT2D eigenvalue weighted by Crippen LogP contribution is -2.01. The Morgan fingerprint density at radius 1 is 1.00 bits per heavy atom. The molecule has 0 amide bonds. The zero-order valence-electron chi connectivity index (χ0n) is 10.2. The Morgan fingerprint density at radius 2 is 1.65 bits per heavy atom. The number of hydrogen-bond acceptors (Lipinski definition) is 4. The topological polar surface area (TPSA) is 51.8 Å². The highest BCUT2D eigenvalue weighted by Gasteiger charge is 2.08. The first-order valence-electron chi connectivity index (χ1n) is 5.41. The highest BCUT2D eigenvalue weighted by Crippen LogP contribution is 2.30. The van der Waals surface area contributed by atoms with Crippen molar-refractivity contribution in [2.75, 3.05) is 5.73 Å². The number of nitrogens with zero attached hydrogens (tertiary/aromatic N) is 2. The van der Waals surface area contributed by atoms with Crippen LogP contribution >= 0.6 is 11.8 Å². The van der Waals surface area contributed by atoms with Gasteiger partial charge < -0.3 is 5.73 Å². The summed E-state index contributed by atoms with van der Waals surface area (Å²) in [4.78, 5) is 9.73. The minimum absolute atomic E-state index is 0.562. The van der Waals surface area contributed by atoms with Crippen LogP contribution in [0, 0.1) is 20.8 Å². The number of rotatable bonds is 2. The number of anilines is 1. The van der Waals surface area contributed by atoms with Crippen LogP contribution in [-0.4, -0.2) is 9.97 Å². The summed E-state index contributed by atoms with van der Waals surface area (Å²) >= 11 is 1.62. The van der Waals surface area contributed by atoms with Gasteiger partial charge in [0.2, 0.25) is 0 Å². The first kappa shape index (κ1) is 11.9. The van der Waals surface area contributed by atoms with Crippen LogP contribution in [0.15, 0.2) is 34.2 Å². The lowest BCUT2D eigenvalue weighted by Gasteiger charge is -2.07. The molecule has 3 nitrogen and oxygen atoms in total. The van der Waals surface area contributed by atoms with E-state index in [4.69, 9.17) is 5.73 Å². The van der Waals surface area contributed by atoms with Crippen molar-refractivity contribution < 1.29 is 0 Å². The van der Waals surface area contributed by atoms with E-state index in [0.717, 1.165) is 15.5 Å². The summed E-state index contributed by atoms with van der Waals surface area (Å²) < 4.78 is 0. The van der Waals surface area contributed by atoms with E-state index < -0.39 is 0 Å². The van der Waals surface area contributed by atoms with Gasteiger partial charge in [-0.15, -0.1) is 0 Å². The predicted molar refractivity (Wildman–Crippen MR) is 71.2 cm³/mol. The highest BCUT2D eigenvalue weighted by molar-refractivity contribution is 7.99. The zero-order valence-corrected chi connectivity index (χ0v) is 11.0. The van der Waals surface area contributed by atoms with Gasteiger partial charge >= 0.3 is 0 Å². The van der Waals surface area contributed by atoms with E-state index in [9.17, 15) is 0 Å². The molecule has 0 radical (unpaired) electrons. The van der Waals surface area contributed by atoms with E-state index in [1.165, 1.54) is 5.56 Å². The Bertz CT molecular complexity index is 535. The van der Waals surface area contributed by atoms with Gasteiger partial charge in [0.15, 0.2) is 0 Å². The molecule has 0 aliphatic heterocycles. The summed E-state index contributed by atoms with van der Waals surface area (Å²) in [5.41, 5.74) is 8.03. The second kappa shape index (κ2) is 4.75. The van der Waals surface area contributed by atoms with Gasteiger partial charge in [0.1, 0.15) is 16.7 Å². The molecular formula is C13H15N3S. The van der Waals surface area contributed by atoms with Gasteiger partial charge in [-0.25, -0.2) is 9.97 Å². The Hall–Kier alpha value is -1.55. The Balaban J connectivity index is 2.32.